The molecule has 478 valence electrons. The summed E-state index contributed by atoms with van der Waals surface area (Å²) < 4.78 is 99.4. The maximum absolute atomic E-state index is 12.6. The lowest BCUT2D eigenvalue weighted by Crippen LogP contribution is -2.65. The van der Waals surface area contributed by atoms with Crippen molar-refractivity contribution in [1.29, 1.82) is 0 Å². The summed E-state index contributed by atoms with van der Waals surface area (Å²) in [6.07, 6.45) is -25.4. The van der Waals surface area contributed by atoms with E-state index >= 15 is 0 Å². The molecule has 30 nitrogen and oxygen atoms in total. The minimum atomic E-state index is -1.91. The van der Waals surface area contributed by atoms with Crippen molar-refractivity contribution in [3.63, 3.8) is 0 Å². The minimum absolute atomic E-state index is 0.0312. The standard InChI is InChI=1S/C51H89NO29S/c53-31-36-40(56)43(59)45(61)49(78-36)76-33-38-42(58)48(81-50-46(62)44(60)41(57)37(32-54)79-50)47(63)51(80-38)77-35-3-1-34(2-4-35)52-39(55)5-6-64-7-8-65-9-10-66-11-12-67-13-14-68-15-16-69-17-18-70-19-20-71-21-22-72-23-24-73-25-26-74-27-28-75-29-30-82/h1-4,36-38,40-51,53-54,56-63,82H,5-33H2,(H,52,55)/t36?,37?,38?,40-,41-,42-,43+,44+,45?,46?,47?,48+,49+,50-,51+/m1/s1. The van der Waals surface area contributed by atoms with E-state index in [1.165, 1.54) is 24.3 Å². The number of rotatable bonds is 48. The number of hydrogen-bond donors (Lipinski definition) is 12. The van der Waals surface area contributed by atoms with Crippen molar-refractivity contribution in [3.05, 3.63) is 24.3 Å². The van der Waals surface area contributed by atoms with E-state index in [4.69, 9.17) is 85.3 Å². The van der Waals surface area contributed by atoms with Crippen LogP contribution in [-0.4, -0.2) is 333 Å². The van der Waals surface area contributed by atoms with Gasteiger partial charge in [-0.2, -0.15) is 12.6 Å². The maximum atomic E-state index is 12.6. The van der Waals surface area contributed by atoms with Gasteiger partial charge in [-0.3, -0.25) is 4.79 Å². The van der Waals surface area contributed by atoms with Crippen molar-refractivity contribution < 1.29 is 141 Å². The van der Waals surface area contributed by atoms with Gasteiger partial charge in [0.25, 0.3) is 0 Å². The van der Waals surface area contributed by atoms with Gasteiger partial charge in [0.05, 0.1) is 185 Å². The molecule has 3 heterocycles. The number of hydrogen-bond acceptors (Lipinski definition) is 30. The van der Waals surface area contributed by atoms with Crippen LogP contribution in [0.15, 0.2) is 24.3 Å². The predicted octanol–water partition coefficient (Wildman–Crippen LogP) is -5.03. The molecule has 15 atom stereocenters. The fourth-order valence-electron chi connectivity index (χ4n) is 7.75. The number of carbonyl (C=O) groups is 1. The van der Waals surface area contributed by atoms with Gasteiger partial charge in [0.1, 0.15) is 79.0 Å². The van der Waals surface area contributed by atoms with Crippen molar-refractivity contribution in [2.45, 2.75) is 98.5 Å². The first kappa shape index (κ1) is 72.2. The van der Waals surface area contributed by atoms with Gasteiger partial charge in [0.2, 0.25) is 12.2 Å². The van der Waals surface area contributed by atoms with Crippen LogP contribution < -0.4 is 10.1 Å². The fraction of sp³-hybridized carbons (Fsp3) is 0.863. The van der Waals surface area contributed by atoms with E-state index in [1.54, 1.807) is 0 Å². The molecule has 0 aliphatic carbocycles. The Bertz CT molecular complexity index is 1720. The smallest absolute Gasteiger partial charge is 0.229 e. The Kier molecular flexibility index (Phi) is 39.0. The van der Waals surface area contributed by atoms with Crippen LogP contribution in [0, 0.1) is 0 Å². The number of aliphatic hydroxyl groups excluding tert-OH is 10. The van der Waals surface area contributed by atoms with Crippen LogP contribution >= 0.6 is 12.6 Å². The first-order chi connectivity index (χ1) is 39.9. The molecule has 0 saturated carbocycles. The van der Waals surface area contributed by atoms with E-state index in [1.807, 2.05) is 0 Å². The number of thiol groups is 1. The van der Waals surface area contributed by atoms with Gasteiger partial charge in [-0.25, -0.2) is 0 Å². The average Bonchev–Trinajstić information content (AvgIpc) is 3.49. The fourth-order valence-corrected chi connectivity index (χ4v) is 7.88. The third-order valence-electron chi connectivity index (χ3n) is 12.2. The van der Waals surface area contributed by atoms with E-state index in [0.29, 0.717) is 157 Å². The molecular formula is C51H89NO29S. The number of nitrogens with one attached hydrogen (secondary N) is 1. The number of anilines is 1. The first-order valence-electron chi connectivity index (χ1n) is 27.4. The van der Waals surface area contributed by atoms with Gasteiger partial charge >= 0.3 is 0 Å². The largest absolute Gasteiger partial charge is 0.462 e. The normalized spacial score (nSPS) is 28.6. The quantitative estimate of drug-likeness (QED) is 0.0215. The van der Waals surface area contributed by atoms with Crippen molar-refractivity contribution >= 4 is 24.2 Å². The Morgan fingerprint density at radius 3 is 1.16 bits per heavy atom. The molecule has 6 unspecified atom stereocenters. The number of amides is 1. The zero-order valence-corrected chi connectivity index (χ0v) is 47.0. The SMILES string of the molecule is O=C(CCOCCOCCOCCOCCOCCOCCOCCOCCOCCOCCOCCOCCS)Nc1ccc(O[C@H]2OC(CO[C@H]3OC(CO)[C@@H](O)[C@H](O)C3O)[C@@H](O)[C@H](O[C@H]3OC(CO)[C@@H](O)[C@H](O)C3O)C2O)cc1. The second kappa shape index (κ2) is 44.2. The monoisotopic (exact) mass is 1210 g/mol. The first-order valence-corrected chi connectivity index (χ1v) is 28.0. The molecule has 1 aromatic rings. The molecule has 3 aliphatic heterocycles. The Balaban J connectivity index is 0.969. The second-order valence-corrected chi connectivity index (χ2v) is 18.8. The highest BCUT2D eigenvalue weighted by atomic mass is 32.1. The molecule has 1 aromatic carbocycles. The third-order valence-corrected chi connectivity index (χ3v) is 12.4. The highest BCUT2D eigenvalue weighted by Crippen LogP contribution is 2.32. The number of carbonyl (C=O) groups excluding carboxylic acids is 1. The molecule has 31 heteroatoms. The van der Waals surface area contributed by atoms with Gasteiger partial charge in [-0.1, -0.05) is 0 Å². The van der Waals surface area contributed by atoms with Crippen molar-refractivity contribution in [2.75, 3.05) is 189 Å². The molecule has 0 spiro atoms. The lowest BCUT2D eigenvalue weighted by atomic mass is 9.96. The summed E-state index contributed by atoms with van der Waals surface area (Å²) in [6, 6.07) is 5.87. The zero-order valence-electron chi connectivity index (χ0n) is 46.2. The molecule has 0 aromatic heterocycles. The van der Waals surface area contributed by atoms with Crippen molar-refractivity contribution in [3.8, 4) is 5.75 Å². The Morgan fingerprint density at radius 2 is 0.768 bits per heavy atom. The molecule has 82 heavy (non-hydrogen) atoms. The second-order valence-electron chi connectivity index (χ2n) is 18.4. The summed E-state index contributed by atoms with van der Waals surface area (Å²) in [4.78, 5) is 12.6. The van der Waals surface area contributed by atoms with Crippen LogP contribution in [0.3, 0.4) is 0 Å². The van der Waals surface area contributed by atoms with Gasteiger partial charge in [-0.05, 0) is 24.3 Å². The molecule has 4 rings (SSSR count). The van der Waals surface area contributed by atoms with Crippen LogP contribution in [0.5, 0.6) is 5.75 Å². The van der Waals surface area contributed by atoms with Crippen molar-refractivity contribution in [2.24, 2.45) is 0 Å². The van der Waals surface area contributed by atoms with Crippen molar-refractivity contribution in [1.82, 2.24) is 0 Å². The molecule has 0 radical (unpaired) electrons. The molecule has 11 N–H and O–H groups in total. The van der Waals surface area contributed by atoms with E-state index in [2.05, 4.69) is 17.9 Å². The number of aliphatic hydroxyl groups is 10. The lowest BCUT2D eigenvalue weighted by Gasteiger charge is -2.46. The Morgan fingerprint density at radius 1 is 0.415 bits per heavy atom. The van der Waals surface area contributed by atoms with Gasteiger partial charge in [-0.15, -0.1) is 0 Å². The topological polar surface area (TPSA) is 398 Å². The van der Waals surface area contributed by atoms with Crippen LogP contribution in [0.2, 0.25) is 0 Å². The molecule has 3 aliphatic rings. The minimum Gasteiger partial charge on any atom is -0.462 e. The summed E-state index contributed by atoms with van der Waals surface area (Å²) in [5.41, 5.74) is 0.381. The molecule has 0 bridgehead atoms. The maximum Gasteiger partial charge on any atom is 0.229 e. The van der Waals surface area contributed by atoms with Crippen LogP contribution in [0.4, 0.5) is 5.69 Å². The summed E-state index contributed by atoms with van der Waals surface area (Å²) in [6.45, 7) is 8.19. The highest BCUT2D eigenvalue weighted by Gasteiger charge is 2.52. The third kappa shape index (κ3) is 28.1. The molecule has 3 fully saturated rings. The summed E-state index contributed by atoms with van der Waals surface area (Å²) >= 11 is 4.07. The zero-order chi connectivity index (χ0) is 59.2. The van der Waals surface area contributed by atoms with E-state index in [0.717, 1.165) is 0 Å². The van der Waals surface area contributed by atoms with E-state index in [9.17, 15) is 55.9 Å². The average molecular weight is 1210 g/mol. The Hall–Kier alpha value is -2.24. The predicted molar refractivity (Wildman–Crippen MR) is 283 cm³/mol. The van der Waals surface area contributed by atoms with Crippen LogP contribution in [-0.2, 0) is 85.3 Å². The number of benzene rings is 1. The van der Waals surface area contributed by atoms with Crippen LogP contribution in [0.25, 0.3) is 0 Å². The van der Waals surface area contributed by atoms with E-state index < -0.39 is 112 Å². The van der Waals surface area contributed by atoms with E-state index in [-0.39, 0.29) is 31.3 Å². The number of ether oxygens (including phenoxy) is 18. The van der Waals surface area contributed by atoms with Gasteiger partial charge < -0.3 is 142 Å². The molecular weight excluding hydrogens is 1120 g/mol. The molecule has 1 amide bonds. The Labute approximate surface area is 482 Å². The molecule has 3 saturated heterocycles. The summed E-state index contributed by atoms with van der Waals surface area (Å²) in [7, 11) is 0. The van der Waals surface area contributed by atoms with Gasteiger partial charge in [0, 0.05) is 11.4 Å². The van der Waals surface area contributed by atoms with Crippen LogP contribution in [0.1, 0.15) is 6.42 Å². The lowest BCUT2D eigenvalue weighted by molar-refractivity contribution is -0.358. The van der Waals surface area contributed by atoms with Gasteiger partial charge in [0.15, 0.2) is 12.6 Å². The summed E-state index contributed by atoms with van der Waals surface area (Å²) in [5, 5.41) is 107. The summed E-state index contributed by atoms with van der Waals surface area (Å²) in [5.74, 6) is 0.438. The highest BCUT2D eigenvalue weighted by molar-refractivity contribution is 7.80.